The summed E-state index contributed by atoms with van der Waals surface area (Å²) < 4.78 is 1.70. The molecule has 1 aromatic carbocycles. The van der Waals surface area contributed by atoms with Crippen LogP contribution in [0, 0.1) is 0 Å². The number of para-hydroxylation sites is 1. The molecule has 118 valence electrons. The third-order valence-electron chi connectivity index (χ3n) is 3.87. The molecule has 0 aliphatic heterocycles. The topological polar surface area (TPSA) is 59.8 Å². The first kappa shape index (κ1) is 15.4. The van der Waals surface area contributed by atoms with Crippen LogP contribution in [0.3, 0.4) is 0 Å². The van der Waals surface area contributed by atoms with Gasteiger partial charge in [0.1, 0.15) is 5.01 Å². The van der Waals surface area contributed by atoms with Crippen LogP contribution in [0.5, 0.6) is 0 Å². The zero-order chi connectivity index (χ0) is 16.3. The van der Waals surface area contributed by atoms with Gasteiger partial charge in [-0.05, 0) is 25.5 Å². The van der Waals surface area contributed by atoms with E-state index >= 15 is 0 Å². The van der Waals surface area contributed by atoms with Gasteiger partial charge in [0.25, 0.3) is 5.91 Å². The Morgan fingerprint density at radius 1 is 1.35 bits per heavy atom. The van der Waals surface area contributed by atoms with Crippen LogP contribution in [0.25, 0.3) is 5.69 Å². The number of thiazole rings is 1. The maximum atomic E-state index is 12.6. The zero-order valence-electron chi connectivity index (χ0n) is 13.1. The number of benzene rings is 1. The first-order valence-corrected chi connectivity index (χ1v) is 8.33. The number of hydrogen-bond donors (Lipinski definition) is 1. The van der Waals surface area contributed by atoms with Crippen molar-refractivity contribution in [3.05, 3.63) is 64.9 Å². The van der Waals surface area contributed by atoms with Crippen molar-refractivity contribution in [1.82, 2.24) is 20.1 Å². The first-order chi connectivity index (χ1) is 11.1. The van der Waals surface area contributed by atoms with E-state index in [4.69, 9.17) is 0 Å². The molecule has 0 spiro atoms. The molecule has 0 bridgehead atoms. The lowest BCUT2D eigenvalue weighted by molar-refractivity contribution is 0.0902. The molecule has 1 atom stereocenters. The molecule has 23 heavy (non-hydrogen) atoms. The van der Waals surface area contributed by atoms with Crippen LogP contribution in [0.2, 0.25) is 0 Å². The third kappa shape index (κ3) is 3.17. The summed E-state index contributed by atoms with van der Waals surface area (Å²) in [6.45, 7) is 4.03. The van der Waals surface area contributed by atoms with Crippen LogP contribution < -0.4 is 5.32 Å². The predicted octanol–water partition coefficient (Wildman–Crippen LogP) is 3.38. The molecular weight excluding hydrogens is 308 g/mol. The number of nitrogens with one attached hydrogen (secondary N) is 1. The smallest absolute Gasteiger partial charge is 0.255 e. The Kier molecular flexibility index (Phi) is 4.25. The molecule has 3 rings (SSSR count). The number of aromatic nitrogens is 3. The van der Waals surface area contributed by atoms with Crippen LogP contribution in [0.1, 0.15) is 35.6 Å². The second-order valence-corrected chi connectivity index (χ2v) is 6.38. The molecule has 0 aliphatic rings. The van der Waals surface area contributed by atoms with Gasteiger partial charge in [0.15, 0.2) is 0 Å². The van der Waals surface area contributed by atoms with Gasteiger partial charge in [0.2, 0.25) is 0 Å². The summed E-state index contributed by atoms with van der Waals surface area (Å²) in [5.41, 5.74) is 0.981. The van der Waals surface area contributed by atoms with E-state index in [1.54, 1.807) is 34.6 Å². The van der Waals surface area contributed by atoms with Crippen molar-refractivity contribution < 1.29 is 4.79 Å². The van der Waals surface area contributed by atoms with Crippen LogP contribution in [0.15, 0.2) is 54.3 Å². The highest BCUT2D eigenvalue weighted by molar-refractivity contribution is 7.09. The molecule has 1 N–H and O–H groups in total. The van der Waals surface area contributed by atoms with Gasteiger partial charge in [-0.1, -0.05) is 25.1 Å². The van der Waals surface area contributed by atoms with Crippen molar-refractivity contribution in [2.45, 2.75) is 25.8 Å². The zero-order valence-corrected chi connectivity index (χ0v) is 13.9. The van der Waals surface area contributed by atoms with E-state index in [0.717, 1.165) is 17.1 Å². The number of carbonyl (C=O) groups is 1. The quantitative estimate of drug-likeness (QED) is 0.782. The van der Waals surface area contributed by atoms with Gasteiger partial charge in [0.05, 0.1) is 23.0 Å². The molecule has 6 heteroatoms. The molecule has 0 unspecified atom stereocenters. The fraction of sp³-hybridized carbons (Fsp3) is 0.235. The number of hydrogen-bond acceptors (Lipinski definition) is 4. The summed E-state index contributed by atoms with van der Waals surface area (Å²) in [6.07, 6.45) is 5.84. The standard InChI is InChI=1S/C17H18N4OS/c1-3-17(2,16-18-9-10-23-16)20-15(22)13-11-19-21(12-13)14-7-5-4-6-8-14/h4-12H,3H2,1-2H3,(H,20,22)/t17-/m1/s1. The fourth-order valence-electron chi connectivity index (χ4n) is 2.27. The van der Waals surface area contributed by atoms with Crippen LogP contribution in [-0.4, -0.2) is 20.7 Å². The number of carbonyl (C=O) groups excluding carboxylic acids is 1. The second kappa shape index (κ2) is 6.34. The number of nitrogens with zero attached hydrogens (tertiary/aromatic N) is 3. The largest absolute Gasteiger partial charge is 0.340 e. The molecule has 0 radical (unpaired) electrons. The molecule has 2 aromatic heterocycles. The summed E-state index contributed by atoms with van der Waals surface area (Å²) in [4.78, 5) is 16.9. The first-order valence-electron chi connectivity index (χ1n) is 7.45. The normalized spacial score (nSPS) is 13.5. The molecule has 0 fully saturated rings. The Morgan fingerprint density at radius 3 is 2.78 bits per heavy atom. The Morgan fingerprint density at radius 2 is 2.13 bits per heavy atom. The average molecular weight is 326 g/mol. The van der Waals surface area contributed by atoms with Crippen molar-refractivity contribution in [3.63, 3.8) is 0 Å². The Balaban J connectivity index is 1.80. The second-order valence-electron chi connectivity index (χ2n) is 5.49. The predicted molar refractivity (Wildman–Crippen MR) is 90.8 cm³/mol. The lowest BCUT2D eigenvalue weighted by Crippen LogP contribution is -2.42. The summed E-state index contributed by atoms with van der Waals surface area (Å²) >= 11 is 1.55. The lowest BCUT2D eigenvalue weighted by Gasteiger charge is -2.27. The van der Waals surface area contributed by atoms with E-state index in [0.29, 0.717) is 5.56 Å². The van der Waals surface area contributed by atoms with Crippen molar-refractivity contribution in [1.29, 1.82) is 0 Å². The highest BCUT2D eigenvalue weighted by Crippen LogP contribution is 2.26. The maximum Gasteiger partial charge on any atom is 0.255 e. The van der Waals surface area contributed by atoms with Crippen LogP contribution >= 0.6 is 11.3 Å². The Hall–Kier alpha value is -2.47. The minimum atomic E-state index is -0.472. The molecule has 5 nitrogen and oxygen atoms in total. The maximum absolute atomic E-state index is 12.6. The summed E-state index contributed by atoms with van der Waals surface area (Å²) in [6, 6.07) is 9.71. The van der Waals surface area contributed by atoms with Crippen molar-refractivity contribution in [2.24, 2.45) is 0 Å². The molecule has 0 aliphatic carbocycles. The van der Waals surface area contributed by atoms with Gasteiger partial charge in [-0.15, -0.1) is 11.3 Å². The Labute approximate surface area is 139 Å². The fourth-order valence-corrected chi connectivity index (χ4v) is 3.10. The molecule has 3 aromatic rings. The lowest BCUT2D eigenvalue weighted by atomic mass is 9.99. The van der Waals surface area contributed by atoms with Crippen molar-refractivity contribution in [2.75, 3.05) is 0 Å². The highest BCUT2D eigenvalue weighted by atomic mass is 32.1. The van der Waals surface area contributed by atoms with E-state index in [9.17, 15) is 4.79 Å². The van der Waals surface area contributed by atoms with Gasteiger partial charge >= 0.3 is 0 Å². The molecule has 1 amide bonds. The van der Waals surface area contributed by atoms with Crippen molar-refractivity contribution in [3.8, 4) is 5.69 Å². The van der Waals surface area contributed by atoms with Crippen LogP contribution in [0.4, 0.5) is 0 Å². The Bertz CT molecular complexity index is 782. The third-order valence-corrected chi connectivity index (χ3v) is 4.90. The minimum Gasteiger partial charge on any atom is -0.340 e. The number of amides is 1. The number of rotatable bonds is 5. The van der Waals surface area contributed by atoms with E-state index in [-0.39, 0.29) is 5.91 Å². The summed E-state index contributed by atoms with van der Waals surface area (Å²) in [5.74, 6) is -0.147. The molecule has 0 saturated heterocycles. The van der Waals surface area contributed by atoms with E-state index in [1.807, 2.05) is 49.6 Å². The van der Waals surface area contributed by atoms with Crippen LogP contribution in [-0.2, 0) is 5.54 Å². The van der Waals surface area contributed by atoms with E-state index in [1.165, 1.54) is 0 Å². The average Bonchev–Trinajstić information content (AvgIpc) is 3.27. The van der Waals surface area contributed by atoms with Crippen molar-refractivity contribution >= 4 is 17.2 Å². The molecule has 2 heterocycles. The summed E-state index contributed by atoms with van der Waals surface area (Å²) in [5, 5.41) is 10.2. The minimum absolute atomic E-state index is 0.147. The summed E-state index contributed by atoms with van der Waals surface area (Å²) in [7, 11) is 0. The molecule has 0 saturated carbocycles. The van der Waals surface area contributed by atoms with Gasteiger partial charge in [0, 0.05) is 17.8 Å². The highest BCUT2D eigenvalue weighted by Gasteiger charge is 2.30. The van der Waals surface area contributed by atoms with Gasteiger partial charge in [-0.2, -0.15) is 5.10 Å². The van der Waals surface area contributed by atoms with E-state index in [2.05, 4.69) is 15.4 Å². The molecular formula is C17H18N4OS. The van der Waals surface area contributed by atoms with Gasteiger partial charge in [-0.25, -0.2) is 9.67 Å². The SMILES string of the molecule is CC[C@@](C)(NC(=O)c1cnn(-c2ccccc2)c1)c1nccs1. The van der Waals surface area contributed by atoms with Gasteiger partial charge in [-0.3, -0.25) is 4.79 Å². The van der Waals surface area contributed by atoms with E-state index < -0.39 is 5.54 Å². The van der Waals surface area contributed by atoms with Gasteiger partial charge < -0.3 is 5.32 Å². The monoisotopic (exact) mass is 326 g/mol.